The summed E-state index contributed by atoms with van der Waals surface area (Å²) in [6.45, 7) is 0.429. The predicted molar refractivity (Wildman–Crippen MR) is 47.2 cm³/mol. The molecule has 13 heavy (non-hydrogen) atoms. The molecule has 3 rings (SSSR count). The summed E-state index contributed by atoms with van der Waals surface area (Å²) in [4.78, 5) is 10.3. The highest BCUT2D eigenvalue weighted by atomic mass is 31.1. The van der Waals surface area contributed by atoms with Gasteiger partial charge >= 0.3 is 8.25 Å². The number of fused-ring (bicyclic) bond motifs is 3. The van der Waals surface area contributed by atoms with Crippen molar-refractivity contribution >= 4 is 8.25 Å². The van der Waals surface area contributed by atoms with Crippen LogP contribution in [0, 0.1) is 11.3 Å². The Morgan fingerprint density at radius 1 is 1.31 bits per heavy atom. The van der Waals surface area contributed by atoms with E-state index in [0.717, 1.165) is 5.92 Å². The highest BCUT2D eigenvalue weighted by Crippen LogP contribution is 2.50. The molecule has 3 fully saturated rings. The van der Waals surface area contributed by atoms with Crippen molar-refractivity contribution in [2.45, 2.75) is 38.5 Å². The van der Waals surface area contributed by atoms with E-state index in [4.69, 9.17) is 4.52 Å². The Hall–Kier alpha value is 0.0200. The van der Waals surface area contributed by atoms with Crippen molar-refractivity contribution in [1.82, 2.24) is 0 Å². The maximum atomic E-state index is 10.3. The SMILES string of the molecule is O=[P+]([O-])OCC12CCC(CC1)CC2. The Morgan fingerprint density at radius 2 is 1.85 bits per heavy atom. The Kier molecular flexibility index (Phi) is 2.68. The van der Waals surface area contributed by atoms with Gasteiger partial charge in [-0.3, -0.25) is 0 Å². The Morgan fingerprint density at radius 3 is 2.31 bits per heavy atom. The van der Waals surface area contributed by atoms with Crippen molar-refractivity contribution in [2.75, 3.05) is 6.61 Å². The van der Waals surface area contributed by atoms with Gasteiger partial charge in [-0.1, -0.05) is 0 Å². The molecule has 1 unspecified atom stereocenters. The Bertz CT molecular complexity index is 195. The summed E-state index contributed by atoms with van der Waals surface area (Å²) in [6, 6.07) is 0. The first kappa shape index (κ1) is 9.57. The average Bonchev–Trinajstić information content (AvgIpc) is 2.18. The fourth-order valence-electron chi connectivity index (χ4n) is 2.75. The van der Waals surface area contributed by atoms with E-state index < -0.39 is 8.25 Å². The second-order valence-corrected chi connectivity index (χ2v) is 5.18. The molecule has 0 aromatic heterocycles. The molecule has 4 heteroatoms. The molecule has 0 radical (unpaired) electrons. The first-order chi connectivity index (χ1) is 6.20. The molecule has 0 N–H and O–H groups in total. The predicted octanol–water partition coefficient (Wildman–Crippen LogP) is 1.99. The summed E-state index contributed by atoms with van der Waals surface area (Å²) in [5.74, 6) is 0.919. The molecule has 0 saturated heterocycles. The van der Waals surface area contributed by atoms with Gasteiger partial charge in [-0.15, -0.1) is 4.52 Å². The first-order valence-electron chi connectivity index (χ1n) is 4.98. The second kappa shape index (κ2) is 3.64. The molecule has 3 nitrogen and oxygen atoms in total. The monoisotopic (exact) mass is 202 g/mol. The molecule has 0 aromatic rings. The van der Waals surface area contributed by atoms with Crippen molar-refractivity contribution in [3.05, 3.63) is 0 Å². The van der Waals surface area contributed by atoms with Gasteiger partial charge in [-0.2, -0.15) is 0 Å². The largest absolute Gasteiger partial charge is 0.566 e. The van der Waals surface area contributed by atoms with Crippen LogP contribution in [0.5, 0.6) is 0 Å². The minimum atomic E-state index is -2.65. The van der Waals surface area contributed by atoms with Gasteiger partial charge in [0.05, 0.1) is 0 Å². The van der Waals surface area contributed by atoms with Gasteiger partial charge in [0.15, 0.2) is 0 Å². The molecule has 0 aromatic carbocycles. The van der Waals surface area contributed by atoms with E-state index in [1.165, 1.54) is 38.5 Å². The van der Waals surface area contributed by atoms with Crippen LogP contribution in [-0.2, 0) is 9.09 Å². The molecule has 0 aliphatic heterocycles. The summed E-state index contributed by atoms with van der Waals surface area (Å²) in [5.41, 5.74) is 0.212. The zero-order valence-corrected chi connectivity index (χ0v) is 8.59. The van der Waals surface area contributed by atoms with Gasteiger partial charge in [-0.05, 0) is 54.4 Å². The van der Waals surface area contributed by atoms with Crippen LogP contribution in [0.25, 0.3) is 0 Å². The van der Waals surface area contributed by atoms with Crippen molar-refractivity contribution in [3.8, 4) is 0 Å². The van der Waals surface area contributed by atoms with Gasteiger partial charge in [-0.25, -0.2) is 0 Å². The number of hydrogen-bond donors (Lipinski definition) is 0. The summed E-state index contributed by atoms with van der Waals surface area (Å²) in [5, 5.41) is 0. The lowest BCUT2D eigenvalue weighted by Crippen LogP contribution is -2.37. The third-order valence-corrected chi connectivity index (χ3v) is 4.06. The highest BCUT2D eigenvalue weighted by Gasteiger charge is 2.41. The molecule has 1 atom stereocenters. The van der Waals surface area contributed by atoms with Gasteiger partial charge in [0.25, 0.3) is 0 Å². The summed E-state index contributed by atoms with van der Waals surface area (Å²) < 4.78 is 15.1. The van der Waals surface area contributed by atoms with E-state index in [1.54, 1.807) is 0 Å². The van der Waals surface area contributed by atoms with Gasteiger partial charge in [0.1, 0.15) is 6.61 Å². The summed E-state index contributed by atoms with van der Waals surface area (Å²) in [7, 11) is -2.65. The molecule has 0 amide bonds. The van der Waals surface area contributed by atoms with E-state index in [2.05, 4.69) is 0 Å². The molecule has 0 spiro atoms. The molecule has 3 aliphatic carbocycles. The highest BCUT2D eigenvalue weighted by molar-refractivity contribution is 7.30. The first-order valence-corrected chi connectivity index (χ1v) is 6.07. The molecular formula is C9H15O3P. The fraction of sp³-hybridized carbons (Fsp3) is 1.00. The lowest BCUT2D eigenvalue weighted by molar-refractivity contribution is -0.189. The fourth-order valence-corrected chi connectivity index (χ4v) is 3.12. The average molecular weight is 202 g/mol. The van der Waals surface area contributed by atoms with Crippen LogP contribution in [0.1, 0.15) is 38.5 Å². The lowest BCUT2D eigenvalue weighted by Gasteiger charge is -2.45. The van der Waals surface area contributed by atoms with E-state index in [9.17, 15) is 9.46 Å². The van der Waals surface area contributed by atoms with Crippen molar-refractivity contribution in [1.29, 1.82) is 0 Å². The molecule has 2 bridgehead atoms. The van der Waals surface area contributed by atoms with Gasteiger partial charge in [0, 0.05) is 0 Å². The standard InChI is InChI=1S/C9H15O3P/c10-13(11)12-7-9-4-1-8(2-5-9)3-6-9/h8H,1-7H2. The van der Waals surface area contributed by atoms with Gasteiger partial charge in [0.2, 0.25) is 0 Å². The zero-order chi connectivity index (χ0) is 9.31. The molecular weight excluding hydrogens is 187 g/mol. The zero-order valence-electron chi connectivity index (χ0n) is 7.70. The van der Waals surface area contributed by atoms with Crippen LogP contribution in [0.3, 0.4) is 0 Å². The van der Waals surface area contributed by atoms with E-state index in [1.807, 2.05) is 0 Å². The maximum Gasteiger partial charge on any atom is 0.488 e. The van der Waals surface area contributed by atoms with Crippen LogP contribution < -0.4 is 4.89 Å². The smallest absolute Gasteiger partial charge is 0.488 e. The van der Waals surface area contributed by atoms with Crippen LogP contribution in [0.15, 0.2) is 0 Å². The van der Waals surface area contributed by atoms with Crippen LogP contribution in [0.4, 0.5) is 0 Å². The van der Waals surface area contributed by atoms with Crippen molar-refractivity contribution < 1.29 is 14.0 Å². The molecule has 3 saturated carbocycles. The van der Waals surface area contributed by atoms with E-state index in [-0.39, 0.29) is 5.41 Å². The topological polar surface area (TPSA) is 49.4 Å². The second-order valence-electron chi connectivity index (χ2n) is 4.48. The van der Waals surface area contributed by atoms with Crippen LogP contribution in [-0.4, -0.2) is 6.61 Å². The van der Waals surface area contributed by atoms with Gasteiger partial charge < -0.3 is 4.89 Å². The van der Waals surface area contributed by atoms with Crippen LogP contribution in [0.2, 0.25) is 0 Å². The molecule has 0 heterocycles. The maximum absolute atomic E-state index is 10.3. The van der Waals surface area contributed by atoms with Crippen LogP contribution >= 0.6 is 8.25 Å². The lowest BCUT2D eigenvalue weighted by atomic mass is 9.61. The Labute approximate surface area is 79.4 Å². The normalized spacial score (nSPS) is 39.2. The number of hydrogen-bond acceptors (Lipinski definition) is 3. The minimum Gasteiger partial charge on any atom is -0.566 e. The summed E-state index contributed by atoms with van der Waals surface area (Å²) >= 11 is 0. The number of rotatable bonds is 3. The van der Waals surface area contributed by atoms with Crippen molar-refractivity contribution in [3.63, 3.8) is 0 Å². The Balaban J connectivity index is 1.91. The molecule has 74 valence electrons. The summed E-state index contributed by atoms with van der Waals surface area (Å²) in [6.07, 6.45) is 7.33. The molecule has 3 aliphatic rings. The van der Waals surface area contributed by atoms with Crippen molar-refractivity contribution in [2.24, 2.45) is 11.3 Å². The minimum absolute atomic E-state index is 0.212. The third kappa shape index (κ3) is 2.09. The van der Waals surface area contributed by atoms with E-state index >= 15 is 0 Å². The third-order valence-electron chi connectivity index (χ3n) is 3.72. The quantitative estimate of drug-likeness (QED) is 0.657. The van der Waals surface area contributed by atoms with E-state index in [0.29, 0.717) is 6.61 Å².